The first kappa shape index (κ1) is 11.7. The van der Waals surface area contributed by atoms with E-state index >= 15 is 0 Å². The van der Waals surface area contributed by atoms with E-state index in [1.54, 1.807) is 0 Å². The third-order valence-corrected chi connectivity index (χ3v) is 3.60. The molecule has 2 rings (SSSR count). The van der Waals surface area contributed by atoms with Gasteiger partial charge in [0.25, 0.3) is 5.91 Å². The third kappa shape index (κ3) is 1.81. The lowest BCUT2D eigenvalue weighted by Gasteiger charge is -2.27. The molecule has 4 amide bonds. The van der Waals surface area contributed by atoms with Crippen LogP contribution < -0.4 is 16.0 Å². The van der Waals surface area contributed by atoms with Crippen molar-refractivity contribution in [2.45, 2.75) is 25.8 Å². The number of nitrogens with one attached hydrogen (secondary N) is 3. The monoisotopic (exact) mass is 241 g/mol. The van der Waals surface area contributed by atoms with Gasteiger partial charge in [-0.05, 0) is 17.8 Å². The van der Waals surface area contributed by atoms with Crippen molar-refractivity contribution in [1.29, 1.82) is 0 Å². The van der Waals surface area contributed by atoms with E-state index in [9.17, 15) is 14.4 Å². The number of carboxylic acid groups (broad SMARTS) is 1. The van der Waals surface area contributed by atoms with E-state index in [0.29, 0.717) is 0 Å². The predicted octanol–water partition coefficient (Wildman–Crippen LogP) is -0.122. The van der Waals surface area contributed by atoms with Crippen LogP contribution in [0.4, 0.5) is 9.59 Å². The van der Waals surface area contributed by atoms with Crippen LogP contribution in [0.5, 0.6) is 0 Å². The molecular weight excluding hydrogens is 226 g/mol. The van der Waals surface area contributed by atoms with Crippen LogP contribution in [0, 0.1) is 11.3 Å². The Morgan fingerprint density at radius 2 is 2.12 bits per heavy atom. The van der Waals surface area contributed by atoms with Crippen LogP contribution >= 0.6 is 0 Å². The molecule has 1 heterocycles. The molecule has 1 aliphatic heterocycles. The highest BCUT2D eigenvalue weighted by Gasteiger charge is 2.64. The number of hydrogen-bond acceptors (Lipinski definition) is 3. The van der Waals surface area contributed by atoms with Gasteiger partial charge in [0.1, 0.15) is 5.54 Å². The Morgan fingerprint density at radius 3 is 2.47 bits per heavy atom. The fourth-order valence-corrected chi connectivity index (χ4v) is 2.52. The molecule has 17 heavy (non-hydrogen) atoms. The lowest BCUT2D eigenvalue weighted by atomic mass is 9.88. The summed E-state index contributed by atoms with van der Waals surface area (Å²) in [6.45, 7) is 3.86. The molecule has 0 aromatic heterocycles. The summed E-state index contributed by atoms with van der Waals surface area (Å²) < 4.78 is 0. The standard InChI is InChI=1S/C10H15N3O4/c1-9(2)3-5(9)10(4-11-8(16)17)6(14)12-7(15)13-10/h5,11H,3-4H2,1-2H3,(H,16,17)(H2,12,13,14,15). The summed E-state index contributed by atoms with van der Waals surface area (Å²) in [7, 11) is 0. The fourth-order valence-electron chi connectivity index (χ4n) is 2.52. The van der Waals surface area contributed by atoms with Crippen molar-refractivity contribution >= 4 is 18.0 Å². The Balaban J connectivity index is 2.21. The number of imide groups is 1. The molecule has 0 spiro atoms. The second-order valence-corrected chi connectivity index (χ2v) is 5.28. The zero-order valence-electron chi connectivity index (χ0n) is 9.66. The minimum absolute atomic E-state index is 0.0479. The summed E-state index contributed by atoms with van der Waals surface area (Å²) in [6, 6.07) is -0.565. The number of rotatable bonds is 3. The van der Waals surface area contributed by atoms with Gasteiger partial charge >= 0.3 is 12.1 Å². The van der Waals surface area contributed by atoms with Gasteiger partial charge < -0.3 is 15.7 Å². The van der Waals surface area contributed by atoms with Crippen LogP contribution in [0.25, 0.3) is 0 Å². The van der Waals surface area contributed by atoms with Crippen LogP contribution in [0.15, 0.2) is 0 Å². The number of hydrogen-bond donors (Lipinski definition) is 4. The zero-order chi connectivity index (χ0) is 12.8. The molecule has 4 N–H and O–H groups in total. The molecule has 1 aliphatic carbocycles. The van der Waals surface area contributed by atoms with Crippen molar-refractivity contribution in [2.24, 2.45) is 11.3 Å². The molecule has 0 aromatic rings. The van der Waals surface area contributed by atoms with E-state index in [0.717, 1.165) is 6.42 Å². The van der Waals surface area contributed by atoms with E-state index in [2.05, 4.69) is 16.0 Å². The number of carbonyl (C=O) groups excluding carboxylic acids is 2. The van der Waals surface area contributed by atoms with Gasteiger partial charge in [-0.15, -0.1) is 0 Å². The first-order valence-electron chi connectivity index (χ1n) is 5.38. The lowest BCUT2D eigenvalue weighted by Crippen LogP contribution is -2.57. The molecule has 0 bridgehead atoms. The van der Waals surface area contributed by atoms with Crippen LogP contribution in [0.3, 0.4) is 0 Å². The maximum Gasteiger partial charge on any atom is 0.404 e. The van der Waals surface area contributed by atoms with E-state index in [-0.39, 0.29) is 17.9 Å². The number of amides is 4. The molecular formula is C10H15N3O4. The summed E-state index contributed by atoms with van der Waals surface area (Å²) in [6.07, 6.45) is -0.432. The van der Waals surface area contributed by atoms with Crippen LogP contribution in [-0.4, -0.2) is 35.2 Å². The molecule has 2 fully saturated rings. The second-order valence-electron chi connectivity index (χ2n) is 5.28. The summed E-state index contributed by atoms with van der Waals surface area (Å²) in [5.41, 5.74) is -1.20. The van der Waals surface area contributed by atoms with Crippen LogP contribution in [0.2, 0.25) is 0 Å². The second kappa shape index (κ2) is 3.35. The van der Waals surface area contributed by atoms with Gasteiger partial charge in [-0.1, -0.05) is 13.8 Å². The summed E-state index contributed by atoms with van der Waals surface area (Å²) >= 11 is 0. The normalized spacial score (nSPS) is 33.9. The highest BCUT2D eigenvalue weighted by Crippen LogP contribution is 2.57. The minimum Gasteiger partial charge on any atom is -0.465 e. The highest BCUT2D eigenvalue weighted by atomic mass is 16.4. The van der Waals surface area contributed by atoms with Gasteiger partial charge in [0.15, 0.2) is 0 Å². The van der Waals surface area contributed by atoms with Gasteiger partial charge in [0, 0.05) is 0 Å². The van der Waals surface area contributed by atoms with Gasteiger partial charge in [-0.3, -0.25) is 10.1 Å². The molecule has 0 aromatic carbocycles. The Hall–Kier alpha value is -1.79. The zero-order valence-corrected chi connectivity index (χ0v) is 9.66. The topological polar surface area (TPSA) is 108 Å². The first-order valence-corrected chi connectivity index (χ1v) is 5.38. The van der Waals surface area contributed by atoms with Crippen LogP contribution in [0.1, 0.15) is 20.3 Å². The Labute approximate surface area is 97.9 Å². The average Bonchev–Trinajstić information content (AvgIpc) is 2.71. The maximum absolute atomic E-state index is 11.9. The highest BCUT2D eigenvalue weighted by molar-refractivity contribution is 6.07. The van der Waals surface area contributed by atoms with E-state index in [1.165, 1.54) is 0 Å². The number of carbonyl (C=O) groups is 3. The quantitative estimate of drug-likeness (QED) is 0.516. The van der Waals surface area contributed by atoms with Crippen molar-refractivity contribution in [3.05, 3.63) is 0 Å². The molecule has 7 heteroatoms. The van der Waals surface area contributed by atoms with Gasteiger partial charge in [0.2, 0.25) is 0 Å². The summed E-state index contributed by atoms with van der Waals surface area (Å²) in [5.74, 6) is -0.500. The van der Waals surface area contributed by atoms with Crippen molar-refractivity contribution in [3.63, 3.8) is 0 Å². The molecule has 1 saturated heterocycles. The smallest absolute Gasteiger partial charge is 0.404 e. The predicted molar refractivity (Wildman–Crippen MR) is 57.3 cm³/mol. The van der Waals surface area contributed by atoms with Crippen molar-refractivity contribution in [2.75, 3.05) is 6.54 Å². The largest absolute Gasteiger partial charge is 0.465 e. The summed E-state index contributed by atoms with van der Waals surface area (Å²) in [5, 5.41) is 15.5. The molecule has 2 unspecified atom stereocenters. The van der Waals surface area contributed by atoms with Crippen molar-refractivity contribution in [1.82, 2.24) is 16.0 Å². The third-order valence-electron chi connectivity index (χ3n) is 3.60. The molecule has 2 atom stereocenters. The molecule has 7 nitrogen and oxygen atoms in total. The van der Waals surface area contributed by atoms with E-state index in [1.807, 2.05) is 13.8 Å². The Kier molecular flexibility index (Phi) is 2.30. The number of urea groups is 1. The van der Waals surface area contributed by atoms with Crippen molar-refractivity contribution < 1.29 is 19.5 Å². The molecule has 1 saturated carbocycles. The summed E-state index contributed by atoms with van der Waals surface area (Å²) in [4.78, 5) is 33.6. The lowest BCUT2D eigenvalue weighted by molar-refractivity contribution is -0.124. The van der Waals surface area contributed by atoms with Gasteiger partial charge in [-0.2, -0.15) is 0 Å². The van der Waals surface area contributed by atoms with Gasteiger partial charge in [-0.25, -0.2) is 9.59 Å². The SMILES string of the molecule is CC1(C)CC1C1(CNC(=O)O)NC(=O)NC1=O. The first-order chi connectivity index (χ1) is 7.78. The minimum atomic E-state index is -1.21. The maximum atomic E-state index is 11.9. The molecule has 2 aliphatic rings. The fraction of sp³-hybridized carbons (Fsp3) is 0.700. The van der Waals surface area contributed by atoms with Crippen molar-refractivity contribution in [3.8, 4) is 0 Å². The van der Waals surface area contributed by atoms with Gasteiger partial charge in [0.05, 0.1) is 6.54 Å². The molecule has 0 radical (unpaired) electrons. The van der Waals surface area contributed by atoms with Crippen LogP contribution in [-0.2, 0) is 4.79 Å². The average molecular weight is 241 g/mol. The van der Waals surface area contributed by atoms with E-state index in [4.69, 9.17) is 5.11 Å². The Bertz CT molecular complexity index is 406. The molecule has 94 valence electrons. The Morgan fingerprint density at radius 1 is 1.53 bits per heavy atom. The van der Waals surface area contributed by atoms with E-state index < -0.39 is 23.6 Å².